The van der Waals surface area contributed by atoms with Crippen LogP contribution in [0.15, 0.2) is 18.3 Å². The van der Waals surface area contributed by atoms with Crippen LogP contribution in [0.3, 0.4) is 0 Å². The van der Waals surface area contributed by atoms with Crippen molar-refractivity contribution >= 4 is 0 Å². The highest BCUT2D eigenvalue weighted by atomic mass is 16.5. The summed E-state index contributed by atoms with van der Waals surface area (Å²) in [4.78, 5) is 4.12. The number of ether oxygens (including phenoxy) is 1. The standard InChI is InChI=1S/C12H19NO2/c1-9(2)12(4,14)8-15-11-6-5-7-13-10(11)3/h5-7,9,14H,8H2,1-4H3. The van der Waals surface area contributed by atoms with E-state index in [-0.39, 0.29) is 12.5 Å². The topological polar surface area (TPSA) is 42.4 Å². The fourth-order valence-electron chi connectivity index (χ4n) is 1.01. The van der Waals surface area contributed by atoms with E-state index in [9.17, 15) is 5.11 Å². The lowest BCUT2D eigenvalue weighted by atomic mass is 9.94. The van der Waals surface area contributed by atoms with Gasteiger partial charge in [0.15, 0.2) is 0 Å². The number of nitrogens with zero attached hydrogens (tertiary/aromatic N) is 1. The van der Waals surface area contributed by atoms with Crippen molar-refractivity contribution < 1.29 is 9.84 Å². The van der Waals surface area contributed by atoms with E-state index < -0.39 is 5.60 Å². The molecule has 3 nitrogen and oxygen atoms in total. The van der Waals surface area contributed by atoms with Crippen LogP contribution in [0.2, 0.25) is 0 Å². The molecule has 0 bridgehead atoms. The smallest absolute Gasteiger partial charge is 0.140 e. The third-order valence-corrected chi connectivity index (χ3v) is 2.72. The second kappa shape index (κ2) is 4.62. The predicted molar refractivity (Wildman–Crippen MR) is 59.9 cm³/mol. The molecule has 1 aromatic heterocycles. The molecule has 0 radical (unpaired) electrons. The fourth-order valence-corrected chi connectivity index (χ4v) is 1.01. The molecular weight excluding hydrogens is 190 g/mol. The number of aromatic nitrogens is 1. The molecule has 0 aliphatic rings. The van der Waals surface area contributed by atoms with E-state index >= 15 is 0 Å². The zero-order valence-corrected chi connectivity index (χ0v) is 9.82. The molecule has 3 heteroatoms. The van der Waals surface area contributed by atoms with Gasteiger partial charge in [0.1, 0.15) is 12.4 Å². The van der Waals surface area contributed by atoms with Crippen LogP contribution in [-0.2, 0) is 0 Å². The Hall–Kier alpha value is -1.09. The van der Waals surface area contributed by atoms with Gasteiger partial charge in [-0.2, -0.15) is 0 Å². The minimum Gasteiger partial charge on any atom is -0.489 e. The Labute approximate surface area is 91.1 Å². The maximum Gasteiger partial charge on any atom is 0.140 e. The summed E-state index contributed by atoms with van der Waals surface area (Å²) in [7, 11) is 0. The van der Waals surface area contributed by atoms with Crippen LogP contribution in [-0.4, -0.2) is 22.3 Å². The molecule has 0 saturated heterocycles. The van der Waals surface area contributed by atoms with Crippen LogP contribution in [0.1, 0.15) is 26.5 Å². The van der Waals surface area contributed by atoms with Gasteiger partial charge in [-0.1, -0.05) is 13.8 Å². The Bertz CT molecular complexity index is 321. The number of aliphatic hydroxyl groups is 1. The van der Waals surface area contributed by atoms with E-state index in [2.05, 4.69) is 4.98 Å². The Balaban J connectivity index is 2.62. The molecular formula is C12H19NO2. The van der Waals surface area contributed by atoms with Crippen molar-refractivity contribution in [2.24, 2.45) is 5.92 Å². The van der Waals surface area contributed by atoms with Gasteiger partial charge in [0, 0.05) is 6.20 Å². The van der Waals surface area contributed by atoms with Gasteiger partial charge in [0.2, 0.25) is 0 Å². The van der Waals surface area contributed by atoms with E-state index in [0.29, 0.717) is 0 Å². The molecule has 1 rings (SSSR count). The first-order valence-electron chi connectivity index (χ1n) is 5.20. The maximum atomic E-state index is 10.00. The highest BCUT2D eigenvalue weighted by Gasteiger charge is 2.25. The van der Waals surface area contributed by atoms with Crippen LogP contribution in [0.25, 0.3) is 0 Å². The maximum absolute atomic E-state index is 10.00. The Morgan fingerprint density at radius 1 is 1.53 bits per heavy atom. The number of hydrogen-bond acceptors (Lipinski definition) is 3. The first-order valence-corrected chi connectivity index (χ1v) is 5.20. The van der Waals surface area contributed by atoms with Gasteiger partial charge in [-0.15, -0.1) is 0 Å². The minimum absolute atomic E-state index is 0.162. The van der Waals surface area contributed by atoms with E-state index in [1.165, 1.54) is 0 Å². The third-order valence-electron chi connectivity index (χ3n) is 2.72. The second-order valence-corrected chi connectivity index (χ2v) is 4.39. The fraction of sp³-hybridized carbons (Fsp3) is 0.583. The predicted octanol–water partition coefficient (Wildman–Crippen LogP) is 2.18. The normalized spacial score (nSPS) is 15.1. The van der Waals surface area contributed by atoms with Crippen molar-refractivity contribution in [1.29, 1.82) is 0 Å². The quantitative estimate of drug-likeness (QED) is 0.826. The van der Waals surface area contributed by atoms with E-state index in [1.54, 1.807) is 13.1 Å². The lowest BCUT2D eigenvalue weighted by molar-refractivity contribution is -0.0269. The lowest BCUT2D eigenvalue weighted by Crippen LogP contribution is -2.37. The molecule has 0 amide bonds. The molecule has 84 valence electrons. The summed E-state index contributed by atoms with van der Waals surface area (Å²) < 4.78 is 5.55. The Morgan fingerprint density at radius 2 is 2.20 bits per heavy atom. The summed E-state index contributed by atoms with van der Waals surface area (Å²) in [5.74, 6) is 0.896. The van der Waals surface area contributed by atoms with Gasteiger partial charge < -0.3 is 9.84 Å². The Morgan fingerprint density at radius 3 is 2.73 bits per heavy atom. The van der Waals surface area contributed by atoms with Crippen molar-refractivity contribution in [2.45, 2.75) is 33.3 Å². The number of rotatable bonds is 4. The highest BCUT2D eigenvalue weighted by molar-refractivity contribution is 5.25. The van der Waals surface area contributed by atoms with E-state index in [4.69, 9.17) is 4.74 Å². The summed E-state index contributed by atoms with van der Waals surface area (Å²) in [6.07, 6.45) is 1.72. The molecule has 1 unspecified atom stereocenters. The van der Waals surface area contributed by atoms with Crippen molar-refractivity contribution in [2.75, 3.05) is 6.61 Å². The summed E-state index contributed by atoms with van der Waals surface area (Å²) in [6.45, 7) is 7.90. The van der Waals surface area contributed by atoms with Gasteiger partial charge >= 0.3 is 0 Å². The molecule has 0 aliphatic heterocycles. The number of hydrogen-bond donors (Lipinski definition) is 1. The van der Waals surface area contributed by atoms with Crippen LogP contribution >= 0.6 is 0 Å². The monoisotopic (exact) mass is 209 g/mol. The SMILES string of the molecule is Cc1ncccc1OCC(C)(O)C(C)C. The molecule has 1 N–H and O–H groups in total. The Kier molecular flexibility index (Phi) is 3.69. The molecule has 1 aromatic rings. The summed E-state index contributed by atoms with van der Waals surface area (Å²) in [5.41, 5.74) is 0.0412. The minimum atomic E-state index is -0.803. The lowest BCUT2D eigenvalue weighted by Gasteiger charge is -2.27. The molecule has 0 saturated carbocycles. The van der Waals surface area contributed by atoms with Crippen LogP contribution in [0.4, 0.5) is 0 Å². The van der Waals surface area contributed by atoms with Crippen molar-refractivity contribution in [3.05, 3.63) is 24.0 Å². The van der Waals surface area contributed by atoms with Gasteiger partial charge in [0.05, 0.1) is 11.3 Å². The van der Waals surface area contributed by atoms with Crippen molar-refractivity contribution in [1.82, 2.24) is 4.98 Å². The van der Waals surface area contributed by atoms with Crippen LogP contribution in [0, 0.1) is 12.8 Å². The highest BCUT2D eigenvalue weighted by Crippen LogP contribution is 2.20. The van der Waals surface area contributed by atoms with E-state index in [1.807, 2.05) is 32.9 Å². The molecule has 1 atom stereocenters. The molecule has 0 aliphatic carbocycles. The van der Waals surface area contributed by atoms with Gasteiger partial charge in [0.25, 0.3) is 0 Å². The van der Waals surface area contributed by atoms with Gasteiger partial charge in [-0.25, -0.2) is 0 Å². The van der Waals surface area contributed by atoms with Gasteiger partial charge in [-0.3, -0.25) is 4.98 Å². The second-order valence-electron chi connectivity index (χ2n) is 4.39. The van der Waals surface area contributed by atoms with E-state index in [0.717, 1.165) is 11.4 Å². The molecule has 0 aromatic carbocycles. The van der Waals surface area contributed by atoms with Crippen LogP contribution in [0.5, 0.6) is 5.75 Å². The average molecular weight is 209 g/mol. The van der Waals surface area contributed by atoms with Crippen molar-refractivity contribution in [3.8, 4) is 5.75 Å². The van der Waals surface area contributed by atoms with Crippen LogP contribution < -0.4 is 4.74 Å². The summed E-state index contributed by atoms with van der Waals surface area (Å²) >= 11 is 0. The first-order chi connectivity index (χ1) is 6.93. The largest absolute Gasteiger partial charge is 0.489 e. The number of pyridine rings is 1. The zero-order chi connectivity index (χ0) is 11.5. The molecule has 15 heavy (non-hydrogen) atoms. The molecule has 1 heterocycles. The number of aryl methyl sites for hydroxylation is 1. The summed E-state index contributed by atoms with van der Waals surface area (Å²) in [6, 6.07) is 3.69. The average Bonchev–Trinajstić information content (AvgIpc) is 2.16. The first kappa shape index (κ1) is 12.0. The van der Waals surface area contributed by atoms with Gasteiger partial charge in [-0.05, 0) is 31.9 Å². The molecule has 0 spiro atoms. The molecule has 0 fully saturated rings. The summed E-state index contributed by atoms with van der Waals surface area (Å²) in [5, 5.41) is 10.00. The zero-order valence-electron chi connectivity index (χ0n) is 9.82. The third kappa shape index (κ3) is 3.20. The van der Waals surface area contributed by atoms with Crippen molar-refractivity contribution in [3.63, 3.8) is 0 Å².